The first-order valence-corrected chi connectivity index (χ1v) is 8.75. The molecule has 2 aromatic rings. The van der Waals surface area contributed by atoms with Gasteiger partial charge in [-0.3, -0.25) is 4.79 Å². The van der Waals surface area contributed by atoms with Crippen LogP contribution in [0.4, 0.5) is 13.2 Å². The molecule has 1 unspecified atom stereocenters. The molecule has 5 nitrogen and oxygen atoms in total. The third-order valence-corrected chi connectivity index (χ3v) is 5.06. The predicted octanol–water partition coefficient (Wildman–Crippen LogP) is 3.60. The quantitative estimate of drug-likeness (QED) is 0.865. The van der Waals surface area contributed by atoms with Gasteiger partial charge in [0.05, 0.1) is 17.6 Å². The molecule has 1 aromatic heterocycles. The number of aromatic amines is 1. The number of carbonyl (C=O) groups is 1. The number of halogens is 3. The van der Waals surface area contributed by atoms with Crippen molar-refractivity contribution in [2.24, 2.45) is 5.41 Å². The minimum Gasteiger partial charge on any atom is -0.396 e. The zero-order chi connectivity index (χ0) is 18.9. The third kappa shape index (κ3) is 3.56. The molecule has 1 aliphatic heterocycles. The summed E-state index contributed by atoms with van der Waals surface area (Å²) in [6, 6.07) is 4.33. The van der Waals surface area contributed by atoms with Crippen molar-refractivity contribution in [1.29, 1.82) is 0 Å². The molecule has 0 radical (unpaired) electrons. The first-order valence-electron chi connectivity index (χ1n) is 8.75. The molecule has 0 saturated carbocycles. The zero-order valence-electron chi connectivity index (χ0n) is 14.6. The highest BCUT2D eigenvalue weighted by atomic mass is 19.4. The predicted molar refractivity (Wildman–Crippen MR) is 90.7 cm³/mol. The molecule has 26 heavy (non-hydrogen) atoms. The van der Waals surface area contributed by atoms with Gasteiger partial charge in [-0.25, -0.2) is 4.98 Å². The number of alkyl halides is 3. The Bertz CT molecular complexity index is 799. The molecule has 1 saturated heterocycles. The fraction of sp³-hybridized carbons (Fsp3) is 0.556. The van der Waals surface area contributed by atoms with Gasteiger partial charge in [-0.2, -0.15) is 13.2 Å². The zero-order valence-corrected chi connectivity index (χ0v) is 14.6. The second kappa shape index (κ2) is 6.90. The van der Waals surface area contributed by atoms with Crippen molar-refractivity contribution < 1.29 is 23.1 Å². The molecule has 1 aliphatic rings. The molecule has 3 rings (SSSR count). The molecule has 2 heterocycles. The number of likely N-dealkylation sites (tertiary alicyclic amines) is 1. The van der Waals surface area contributed by atoms with Gasteiger partial charge in [0, 0.05) is 24.1 Å². The van der Waals surface area contributed by atoms with Gasteiger partial charge in [-0.05, 0) is 37.5 Å². The molecule has 2 N–H and O–H groups in total. The maximum atomic E-state index is 12.8. The van der Waals surface area contributed by atoms with E-state index in [0.717, 1.165) is 25.7 Å². The van der Waals surface area contributed by atoms with Gasteiger partial charge in [-0.1, -0.05) is 13.3 Å². The lowest BCUT2D eigenvalue weighted by atomic mass is 9.77. The van der Waals surface area contributed by atoms with Crippen molar-refractivity contribution in [3.8, 4) is 0 Å². The van der Waals surface area contributed by atoms with E-state index in [4.69, 9.17) is 0 Å². The van der Waals surface area contributed by atoms with Crippen molar-refractivity contribution >= 4 is 16.9 Å². The number of amides is 1. The molecular weight excluding hydrogens is 347 g/mol. The number of imidazole rings is 1. The fourth-order valence-electron chi connectivity index (χ4n) is 3.78. The molecule has 0 bridgehead atoms. The molecule has 1 amide bonds. The van der Waals surface area contributed by atoms with Crippen LogP contribution < -0.4 is 0 Å². The molecule has 1 atom stereocenters. The van der Waals surface area contributed by atoms with Crippen LogP contribution in [0, 0.1) is 5.41 Å². The number of piperidine rings is 1. The number of rotatable bonds is 4. The van der Waals surface area contributed by atoms with Crippen LogP contribution in [0.25, 0.3) is 11.0 Å². The van der Waals surface area contributed by atoms with E-state index in [9.17, 15) is 23.1 Å². The molecule has 1 fully saturated rings. The number of aliphatic hydroxyl groups excluding tert-OH is 1. The fourth-order valence-corrected chi connectivity index (χ4v) is 3.78. The standard InChI is InChI=1S/C18H22F3N3O2/c1-2-6-17(11-25)7-3-8-24(10-17)15(26)12-4-5-13-14(9-12)23-16(22-13)18(19,20)21/h4-5,9,25H,2-3,6-8,10-11H2,1H3,(H,22,23). The highest BCUT2D eigenvalue weighted by Crippen LogP contribution is 2.35. The van der Waals surface area contributed by atoms with Crippen LogP contribution in [0.5, 0.6) is 0 Å². The number of benzene rings is 1. The van der Waals surface area contributed by atoms with Crippen LogP contribution in [0.2, 0.25) is 0 Å². The summed E-state index contributed by atoms with van der Waals surface area (Å²) in [5.41, 5.74) is 0.384. The topological polar surface area (TPSA) is 69.2 Å². The van der Waals surface area contributed by atoms with Gasteiger partial charge in [0.25, 0.3) is 5.91 Å². The average molecular weight is 369 g/mol. The first kappa shape index (κ1) is 18.7. The van der Waals surface area contributed by atoms with E-state index < -0.39 is 12.0 Å². The van der Waals surface area contributed by atoms with Gasteiger partial charge < -0.3 is 15.0 Å². The van der Waals surface area contributed by atoms with Gasteiger partial charge in [0.2, 0.25) is 5.82 Å². The van der Waals surface area contributed by atoms with Crippen LogP contribution in [-0.4, -0.2) is 45.6 Å². The largest absolute Gasteiger partial charge is 0.449 e. The number of fused-ring (bicyclic) bond motifs is 1. The van der Waals surface area contributed by atoms with E-state index in [2.05, 4.69) is 9.97 Å². The lowest BCUT2D eigenvalue weighted by Gasteiger charge is -2.42. The molecule has 8 heteroatoms. The summed E-state index contributed by atoms with van der Waals surface area (Å²) in [5, 5.41) is 9.81. The van der Waals surface area contributed by atoms with Gasteiger partial charge in [-0.15, -0.1) is 0 Å². The minimum absolute atomic E-state index is 0.0269. The SMILES string of the molecule is CCCC1(CO)CCCN(C(=O)c2ccc3nc(C(F)(F)F)[nH]c3c2)C1. The van der Waals surface area contributed by atoms with Gasteiger partial charge in [0.1, 0.15) is 0 Å². The second-order valence-corrected chi connectivity index (χ2v) is 7.05. The number of carbonyl (C=O) groups excluding carboxylic acids is 1. The molecule has 142 valence electrons. The highest BCUT2D eigenvalue weighted by molar-refractivity contribution is 5.97. The number of H-pyrrole nitrogens is 1. The Labute approximate surface area is 149 Å². The number of aliphatic hydroxyl groups is 1. The van der Waals surface area contributed by atoms with Crippen molar-refractivity contribution in [2.45, 2.75) is 38.8 Å². The maximum Gasteiger partial charge on any atom is 0.449 e. The van der Waals surface area contributed by atoms with E-state index in [1.807, 2.05) is 6.92 Å². The summed E-state index contributed by atoms with van der Waals surface area (Å²) in [7, 11) is 0. The Hall–Kier alpha value is -2.09. The number of hydrogen-bond acceptors (Lipinski definition) is 3. The molecule has 1 aromatic carbocycles. The summed E-state index contributed by atoms with van der Waals surface area (Å²) in [5.74, 6) is -1.30. The van der Waals surface area contributed by atoms with Crippen molar-refractivity contribution in [1.82, 2.24) is 14.9 Å². The van der Waals surface area contributed by atoms with Crippen LogP contribution in [0.15, 0.2) is 18.2 Å². The van der Waals surface area contributed by atoms with Crippen LogP contribution in [-0.2, 0) is 6.18 Å². The number of aromatic nitrogens is 2. The number of hydrogen-bond donors (Lipinski definition) is 2. The summed E-state index contributed by atoms with van der Waals surface area (Å²) in [6.45, 7) is 3.12. The van der Waals surface area contributed by atoms with Gasteiger partial charge >= 0.3 is 6.18 Å². The van der Waals surface area contributed by atoms with Crippen molar-refractivity contribution in [3.63, 3.8) is 0 Å². The lowest BCUT2D eigenvalue weighted by Crippen LogP contribution is -2.47. The van der Waals surface area contributed by atoms with E-state index >= 15 is 0 Å². The van der Waals surface area contributed by atoms with Crippen molar-refractivity contribution in [2.75, 3.05) is 19.7 Å². The van der Waals surface area contributed by atoms with E-state index in [1.54, 1.807) is 4.90 Å². The third-order valence-electron chi connectivity index (χ3n) is 5.06. The summed E-state index contributed by atoms with van der Waals surface area (Å²) in [4.78, 5) is 20.3. The minimum atomic E-state index is -4.56. The van der Waals surface area contributed by atoms with E-state index in [0.29, 0.717) is 18.7 Å². The van der Waals surface area contributed by atoms with E-state index in [1.165, 1.54) is 18.2 Å². The Kier molecular flexibility index (Phi) is 4.96. The highest BCUT2D eigenvalue weighted by Gasteiger charge is 2.37. The van der Waals surface area contributed by atoms with E-state index in [-0.39, 0.29) is 29.0 Å². The summed E-state index contributed by atoms with van der Waals surface area (Å²) >= 11 is 0. The Morgan fingerprint density at radius 1 is 1.42 bits per heavy atom. The molecule has 0 spiro atoms. The molecule has 0 aliphatic carbocycles. The second-order valence-electron chi connectivity index (χ2n) is 7.05. The summed E-state index contributed by atoms with van der Waals surface area (Å²) < 4.78 is 38.3. The monoisotopic (exact) mass is 369 g/mol. The normalized spacial score (nSPS) is 21.3. The lowest BCUT2D eigenvalue weighted by molar-refractivity contribution is -0.144. The first-order chi connectivity index (χ1) is 12.3. The van der Waals surface area contributed by atoms with Gasteiger partial charge in [0.15, 0.2) is 0 Å². The molecular formula is C18H22F3N3O2. The Morgan fingerprint density at radius 3 is 2.85 bits per heavy atom. The summed E-state index contributed by atoms with van der Waals surface area (Å²) in [6.07, 6.45) is -1.13. The van der Waals surface area contributed by atoms with Crippen molar-refractivity contribution in [3.05, 3.63) is 29.6 Å². The Morgan fingerprint density at radius 2 is 2.19 bits per heavy atom. The van der Waals surface area contributed by atoms with Crippen LogP contribution in [0.1, 0.15) is 48.8 Å². The average Bonchev–Trinajstić information content (AvgIpc) is 3.05. The smallest absolute Gasteiger partial charge is 0.396 e. The van der Waals surface area contributed by atoms with Crippen LogP contribution >= 0.6 is 0 Å². The maximum absolute atomic E-state index is 12.8. The number of nitrogens with one attached hydrogen (secondary N) is 1. The number of nitrogens with zero attached hydrogens (tertiary/aromatic N) is 2. The Balaban J connectivity index is 1.85. The van der Waals surface area contributed by atoms with Crippen LogP contribution in [0.3, 0.4) is 0 Å².